The number of nitrogens with zero attached hydrogens (tertiary/aromatic N) is 2. The minimum atomic E-state index is -0.500. The van der Waals surface area contributed by atoms with E-state index in [0.717, 1.165) is 12.5 Å². The standard InChI is InChI=1S/C14H13ClFN3O2/c1-2-5-17-14-8-10(19(20)21)7-13(18-14)11-4-3-9(16)6-12(11)15/h3-4,6-8H,2,5H2,1H3,(H,17,18). The van der Waals surface area contributed by atoms with Gasteiger partial charge in [-0.05, 0) is 24.6 Å². The second-order valence-electron chi connectivity index (χ2n) is 4.40. The molecule has 0 bridgehead atoms. The maximum atomic E-state index is 13.1. The van der Waals surface area contributed by atoms with Gasteiger partial charge in [-0.15, -0.1) is 0 Å². The summed E-state index contributed by atoms with van der Waals surface area (Å²) in [6, 6.07) is 6.51. The van der Waals surface area contributed by atoms with E-state index in [2.05, 4.69) is 10.3 Å². The van der Waals surface area contributed by atoms with Gasteiger partial charge in [0.2, 0.25) is 0 Å². The van der Waals surface area contributed by atoms with Crippen molar-refractivity contribution < 1.29 is 9.31 Å². The molecule has 1 heterocycles. The third kappa shape index (κ3) is 3.66. The van der Waals surface area contributed by atoms with Gasteiger partial charge < -0.3 is 5.32 Å². The topological polar surface area (TPSA) is 68.1 Å². The molecule has 1 aromatic carbocycles. The minimum Gasteiger partial charge on any atom is -0.370 e. The highest BCUT2D eigenvalue weighted by Gasteiger charge is 2.14. The van der Waals surface area contributed by atoms with E-state index in [-0.39, 0.29) is 10.7 Å². The van der Waals surface area contributed by atoms with Gasteiger partial charge in [0.1, 0.15) is 11.6 Å². The van der Waals surface area contributed by atoms with E-state index in [0.29, 0.717) is 23.6 Å². The Balaban J connectivity index is 2.50. The van der Waals surface area contributed by atoms with Crippen LogP contribution < -0.4 is 5.32 Å². The number of nitrogens with one attached hydrogen (secondary N) is 1. The van der Waals surface area contributed by atoms with Crippen molar-refractivity contribution in [2.24, 2.45) is 0 Å². The van der Waals surface area contributed by atoms with Crippen molar-refractivity contribution in [2.75, 3.05) is 11.9 Å². The van der Waals surface area contributed by atoms with Crippen molar-refractivity contribution >= 4 is 23.1 Å². The van der Waals surface area contributed by atoms with Gasteiger partial charge in [0.15, 0.2) is 0 Å². The predicted molar refractivity (Wildman–Crippen MR) is 80.1 cm³/mol. The number of aromatic nitrogens is 1. The van der Waals surface area contributed by atoms with Crippen molar-refractivity contribution in [3.05, 3.63) is 51.3 Å². The number of hydrogen-bond acceptors (Lipinski definition) is 4. The zero-order valence-corrected chi connectivity index (χ0v) is 12.0. The average Bonchev–Trinajstić information content (AvgIpc) is 2.44. The molecule has 5 nitrogen and oxygen atoms in total. The Labute approximate surface area is 125 Å². The molecule has 21 heavy (non-hydrogen) atoms. The fourth-order valence-electron chi connectivity index (χ4n) is 1.80. The third-order valence-electron chi connectivity index (χ3n) is 2.78. The smallest absolute Gasteiger partial charge is 0.275 e. The van der Waals surface area contributed by atoms with Crippen LogP contribution in [0.25, 0.3) is 11.3 Å². The van der Waals surface area contributed by atoms with E-state index in [9.17, 15) is 14.5 Å². The summed E-state index contributed by atoms with van der Waals surface area (Å²) >= 11 is 5.98. The van der Waals surface area contributed by atoms with Crippen molar-refractivity contribution in [3.8, 4) is 11.3 Å². The average molecular weight is 310 g/mol. The van der Waals surface area contributed by atoms with E-state index < -0.39 is 10.7 Å². The van der Waals surface area contributed by atoms with Gasteiger partial charge >= 0.3 is 0 Å². The summed E-state index contributed by atoms with van der Waals surface area (Å²) in [6.45, 7) is 2.62. The van der Waals surface area contributed by atoms with Crippen molar-refractivity contribution in [1.82, 2.24) is 4.98 Å². The molecule has 0 unspecified atom stereocenters. The van der Waals surface area contributed by atoms with E-state index in [1.807, 2.05) is 6.92 Å². The van der Waals surface area contributed by atoms with Crippen LogP contribution >= 0.6 is 11.6 Å². The molecule has 0 aliphatic heterocycles. The first-order valence-corrected chi connectivity index (χ1v) is 6.75. The van der Waals surface area contributed by atoms with E-state index in [1.165, 1.54) is 24.3 Å². The number of rotatable bonds is 5. The zero-order valence-electron chi connectivity index (χ0n) is 11.3. The highest BCUT2D eigenvalue weighted by Crippen LogP contribution is 2.30. The van der Waals surface area contributed by atoms with Crippen LogP contribution in [0, 0.1) is 15.9 Å². The third-order valence-corrected chi connectivity index (χ3v) is 3.10. The molecule has 0 radical (unpaired) electrons. The Bertz CT molecular complexity index is 679. The summed E-state index contributed by atoms with van der Waals surface area (Å²) < 4.78 is 13.1. The number of pyridine rings is 1. The molecule has 7 heteroatoms. The predicted octanol–water partition coefficient (Wildman–Crippen LogP) is 4.27. The molecule has 0 atom stereocenters. The first-order chi connectivity index (χ1) is 10.0. The molecule has 0 spiro atoms. The molecule has 110 valence electrons. The van der Waals surface area contributed by atoms with Crippen molar-refractivity contribution in [2.45, 2.75) is 13.3 Å². The Kier molecular flexibility index (Phi) is 4.70. The first kappa shape index (κ1) is 15.2. The molecule has 0 saturated carbocycles. The molecule has 0 fully saturated rings. The zero-order chi connectivity index (χ0) is 15.4. The Hall–Kier alpha value is -2.21. The summed E-state index contributed by atoms with van der Waals surface area (Å²) in [6.07, 6.45) is 0.858. The molecular weight excluding hydrogens is 297 g/mol. The molecule has 0 aliphatic carbocycles. The molecule has 0 aliphatic rings. The largest absolute Gasteiger partial charge is 0.370 e. The molecule has 1 aromatic heterocycles. The molecule has 2 aromatic rings. The lowest BCUT2D eigenvalue weighted by Crippen LogP contribution is -2.03. The summed E-state index contributed by atoms with van der Waals surface area (Å²) in [5, 5.41) is 14.2. The second-order valence-corrected chi connectivity index (χ2v) is 4.81. The lowest BCUT2D eigenvalue weighted by atomic mass is 10.1. The van der Waals surface area contributed by atoms with Crippen molar-refractivity contribution in [1.29, 1.82) is 0 Å². The van der Waals surface area contributed by atoms with Gasteiger partial charge in [-0.25, -0.2) is 9.37 Å². The van der Waals surface area contributed by atoms with E-state index in [4.69, 9.17) is 11.6 Å². The van der Waals surface area contributed by atoms with Gasteiger partial charge in [0, 0.05) is 18.2 Å². The van der Waals surface area contributed by atoms with Crippen LogP contribution in [-0.4, -0.2) is 16.5 Å². The minimum absolute atomic E-state index is 0.0982. The highest BCUT2D eigenvalue weighted by molar-refractivity contribution is 6.33. The van der Waals surface area contributed by atoms with Gasteiger partial charge in [-0.3, -0.25) is 10.1 Å². The van der Waals surface area contributed by atoms with Gasteiger partial charge in [-0.2, -0.15) is 0 Å². The fraction of sp³-hybridized carbons (Fsp3) is 0.214. The SMILES string of the molecule is CCCNc1cc([N+](=O)[O-])cc(-c2ccc(F)cc2Cl)n1. The lowest BCUT2D eigenvalue weighted by Gasteiger charge is -2.08. The normalized spacial score (nSPS) is 10.4. The summed E-state index contributed by atoms with van der Waals surface area (Å²) in [7, 11) is 0. The van der Waals surface area contributed by atoms with Crippen LogP contribution in [-0.2, 0) is 0 Å². The quantitative estimate of drug-likeness (QED) is 0.661. The van der Waals surface area contributed by atoms with Gasteiger partial charge in [-0.1, -0.05) is 18.5 Å². The molecule has 2 rings (SSSR count). The number of benzene rings is 1. The summed E-state index contributed by atoms with van der Waals surface area (Å²) in [5.41, 5.74) is 0.674. The van der Waals surface area contributed by atoms with Crippen LogP contribution in [0.3, 0.4) is 0 Å². The van der Waals surface area contributed by atoms with Crippen LogP contribution in [0.2, 0.25) is 5.02 Å². The maximum Gasteiger partial charge on any atom is 0.275 e. The fourth-order valence-corrected chi connectivity index (χ4v) is 2.06. The maximum absolute atomic E-state index is 13.1. The van der Waals surface area contributed by atoms with E-state index in [1.54, 1.807) is 0 Å². The van der Waals surface area contributed by atoms with E-state index >= 15 is 0 Å². The highest BCUT2D eigenvalue weighted by atomic mass is 35.5. The Morgan fingerprint density at radius 1 is 1.38 bits per heavy atom. The van der Waals surface area contributed by atoms with Crippen LogP contribution in [0.15, 0.2) is 30.3 Å². The van der Waals surface area contributed by atoms with Crippen LogP contribution in [0.4, 0.5) is 15.9 Å². The molecular formula is C14H13ClFN3O2. The molecule has 1 N–H and O–H groups in total. The monoisotopic (exact) mass is 309 g/mol. The Morgan fingerprint density at radius 2 is 2.14 bits per heavy atom. The summed E-state index contributed by atoms with van der Waals surface area (Å²) in [5.74, 6) is -0.0834. The van der Waals surface area contributed by atoms with Crippen molar-refractivity contribution in [3.63, 3.8) is 0 Å². The Morgan fingerprint density at radius 3 is 2.76 bits per heavy atom. The second kappa shape index (κ2) is 6.49. The van der Waals surface area contributed by atoms with Gasteiger partial charge in [0.05, 0.1) is 21.7 Å². The van der Waals surface area contributed by atoms with Crippen LogP contribution in [0.1, 0.15) is 13.3 Å². The number of hydrogen-bond donors (Lipinski definition) is 1. The molecule has 0 amide bonds. The van der Waals surface area contributed by atoms with Gasteiger partial charge in [0.25, 0.3) is 5.69 Å². The lowest BCUT2D eigenvalue weighted by molar-refractivity contribution is -0.384. The molecule has 0 saturated heterocycles. The number of anilines is 1. The summed E-state index contributed by atoms with van der Waals surface area (Å²) in [4.78, 5) is 14.8. The van der Waals surface area contributed by atoms with Crippen LogP contribution in [0.5, 0.6) is 0 Å². The first-order valence-electron chi connectivity index (χ1n) is 6.37. The number of halogens is 2. The number of nitro groups is 1.